The molecule has 69 heavy (non-hydrogen) atoms. The molecule has 5 nitrogen and oxygen atoms in total. The van der Waals surface area contributed by atoms with Crippen LogP contribution in [-0.4, -0.2) is 27.6 Å². The molecule has 0 amide bonds. The molecule has 0 saturated carbocycles. The monoisotopic (exact) mass is 898 g/mol. The molecular weight excluding hydrogens is 857 g/mol. The van der Waals surface area contributed by atoms with Gasteiger partial charge in [-0.3, -0.25) is 0 Å². The summed E-state index contributed by atoms with van der Waals surface area (Å²) in [7, 11) is -2.87. The number of nitrogens with zero attached hydrogens (tertiary/aromatic N) is 4. The van der Waals surface area contributed by atoms with Gasteiger partial charge in [0.2, 0.25) is 0 Å². The molecular formula is C63H42N4OSi. The lowest BCUT2D eigenvalue weighted by atomic mass is 10.0. The van der Waals surface area contributed by atoms with Crippen LogP contribution in [0.3, 0.4) is 0 Å². The second kappa shape index (κ2) is 16.7. The molecule has 0 unspecified atom stereocenters. The predicted molar refractivity (Wildman–Crippen MR) is 287 cm³/mol. The topological polar surface area (TPSA) is 56.7 Å². The minimum atomic E-state index is -2.87. The van der Waals surface area contributed by atoms with E-state index in [1.54, 1.807) is 0 Å². The molecule has 13 aromatic rings. The van der Waals surface area contributed by atoms with Gasteiger partial charge in [0.25, 0.3) is 0 Å². The van der Waals surface area contributed by atoms with Gasteiger partial charge < -0.3 is 8.98 Å². The summed E-state index contributed by atoms with van der Waals surface area (Å²) in [5.41, 5.74) is 9.82. The first-order valence-corrected chi connectivity index (χ1v) is 25.3. The zero-order chi connectivity index (χ0) is 45.7. The third kappa shape index (κ3) is 6.80. The van der Waals surface area contributed by atoms with Gasteiger partial charge in [-0.05, 0) is 80.4 Å². The molecule has 0 saturated heterocycles. The van der Waals surface area contributed by atoms with E-state index in [0.717, 1.165) is 66.5 Å². The molecule has 3 aromatic heterocycles. The number of furan rings is 1. The van der Waals surface area contributed by atoms with Crippen LogP contribution in [0.15, 0.2) is 259 Å². The Balaban J connectivity index is 1.04. The van der Waals surface area contributed by atoms with E-state index in [4.69, 9.17) is 19.4 Å². The van der Waals surface area contributed by atoms with Crippen molar-refractivity contribution in [3.8, 4) is 51.0 Å². The minimum Gasteiger partial charge on any atom is -0.456 e. The zero-order valence-corrected chi connectivity index (χ0v) is 38.4. The third-order valence-electron chi connectivity index (χ3n) is 13.6. The molecule has 0 radical (unpaired) electrons. The number of fused-ring (bicyclic) bond motifs is 6. The van der Waals surface area contributed by atoms with Crippen LogP contribution >= 0.6 is 0 Å². The van der Waals surface area contributed by atoms with Gasteiger partial charge in [-0.15, -0.1) is 0 Å². The largest absolute Gasteiger partial charge is 0.456 e. The predicted octanol–water partition coefficient (Wildman–Crippen LogP) is 12.9. The Morgan fingerprint density at radius 2 is 0.768 bits per heavy atom. The average Bonchev–Trinajstić information content (AvgIpc) is 3.97. The van der Waals surface area contributed by atoms with E-state index in [2.05, 4.69) is 247 Å². The SMILES string of the molecule is c1ccc([Si](c2ccccc2)(c2ccccc2)c2cccc(-c3nc(-c4cccc(-c5ccc6oc7ccccc7c6c5)c4)nc(-c4ccccc4-n4c5ccccc5c5ccccc54)n3)c2)cc1. The summed E-state index contributed by atoms with van der Waals surface area (Å²) in [5.74, 6) is 1.78. The minimum absolute atomic E-state index is 0.590. The van der Waals surface area contributed by atoms with Crippen molar-refractivity contribution in [2.45, 2.75) is 0 Å². The lowest BCUT2D eigenvalue weighted by molar-refractivity contribution is 0.669. The molecule has 10 aromatic carbocycles. The van der Waals surface area contributed by atoms with Crippen molar-refractivity contribution in [2.75, 3.05) is 0 Å². The second-order valence-corrected chi connectivity index (χ2v) is 21.3. The van der Waals surface area contributed by atoms with Crippen LogP contribution in [0.4, 0.5) is 0 Å². The Morgan fingerprint density at radius 1 is 0.304 bits per heavy atom. The van der Waals surface area contributed by atoms with E-state index in [1.807, 2.05) is 12.1 Å². The number of para-hydroxylation sites is 4. The Labute approximate surface area is 400 Å². The summed E-state index contributed by atoms with van der Waals surface area (Å²) in [6.07, 6.45) is 0. The van der Waals surface area contributed by atoms with Crippen molar-refractivity contribution in [2.24, 2.45) is 0 Å². The van der Waals surface area contributed by atoms with Crippen LogP contribution in [0.2, 0.25) is 0 Å². The van der Waals surface area contributed by atoms with Gasteiger partial charge in [-0.1, -0.05) is 206 Å². The van der Waals surface area contributed by atoms with Gasteiger partial charge in [0.1, 0.15) is 11.2 Å². The van der Waals surface area contributed by atoms with Crippen LogP contribution < -0.4 is 20.7 Å². The highest BCUT2D eigenvalue weighted by Gasteiger charge is 2.41. The highest BCUT2D eigenvalue weighted by molar-refractivity contribution is 7.19. The Kier molecular flexibility index (Phi) is 9.77. The summed E-state index contributed by atoms with van der Waals surface area (Å²) >= 11 is 0. The summed E-state index contributed by atoms with van der Waals surface area (Å²) in [5, 5.41) is 9.71. The number of hydrogen-bond donors (Lipinski definition) is 0. The van der Waals surface area contributed by atoms with E-state index in [9.17, 15) is 0 Å². The molecule has 0 atom stereocenters. The summed E-state index contributed by atoms with van der Waals surface area (Å²) < 4.78 is 8.56. The van der Waals surface area contributed by atoms with Gasteiger partial charge in [0, 0.05) is 38.2 Å². The highest BCUT2D eigenvalue weighted by Crippen LogP contribution is 2.37. The van der Waals surface area contributed by atoms with Crippen LogP contribution in [0.25, 0.3) is 94.7 Å². The number of hydrogen-bond acceptors (Lipinski definition) is 4. The maximum atomic E-state index is 6.21. The first-order valence-electron chi connectivity index (χ1n) is 23.3. The van der Waals surface area contributed by atoms with Crippen LogP contribution in [0.5, 0.6) is 0 Å². The summed E-state index contributed by atoms with van der Waals surface area (Å²) in [6.45, 7) is 0. The van der Waals surface area contributed by atoms with E-state index >= 15 is 0 Å². The van der Waals surface area contributed by atoms with Gasteiger partial charge >= 0.3 is 0 Å². The molecule has 0 N–H and O–H groups in total. The van der Waals surface area contributed by atoms with Gasteiger partial charge in [-0.25, -0.2) is 15.0 Å². The average molecular weight is 899 g/mol. The highest BCUT2D eigenvalue weighted by atomic mass is 28.3. The lowest BCUT2D eigenvalue weighted by Gasteiger charge is -2.34. The van der Waals surface area contributed by atoms with E-state index in [0.29, 0.717) is 17.5 Å². The fourth-order valence-corrected chi connectivity index (χ4v) is 15.3. The summed E-state index contributed by atoms with van der Waals surface area (Å²) in [4.78, 5) is 16.3. The van der Waals surface area contributed by atoms with Crippen molar-refractivity contribution >= 4 is 72.6 Å². The number of benzene rings is 10. The van der Waals surface area contributed by atoms with Gasteiger partial charge in [0.05, 0.1) is 16.7 Å². The molecule has 3 heterocycles. The molecule has 0 bridgehead atoms. The molecule has 13 rings (SSSR count). The fourth-order valence-electron chi connectivity index (χ4n) is 10.5. The number of rotatable bonds is 9. The third-order valence-corrected chi connectivity index (χ3v) is 18.4. The first kappa shape index (κ1) is 40.3. The van der Waals surface area contributed by atoms with E-state index < -0.39 is 8.07 Å². The fraction of sp³-hybridized carbons (Fsp3) is 0. The van der Waals surface area contributed by atoms with Crippen molar-refractivity contribution < 1.29 is 4.42 Å². The van der Waals surface area contributed by atoms with E-state index in [-0.39, 0.29) is 0 Å². The lowest BCUT2D eigenvalue weighted by Crippen LogP contribution is -2.74. The Bertz CT molecular complexity index is 3880. The molecule has 0 aliphatic rings. The Hall–Kier alpha value is -8.97. The van der Waals surface area contributed by atoms with Crippen molar-refractivity contribution in [1.29, 1.82) is 0 Å². The molecule has 324 valence electrons. The maximum absolute atomic E-state index is 6.21. The van der Waals surface area contributed by atoms with Gasteiger partial charge in [-0.2, -0.15) is 0 Å². The van der Waals surface area contributed by atoms with Crippen molar-refractivity contribution in [3.63, 3.8) is 0 Å². The van der Waals surface area contributed by atoms with Crippen molar-refractivity contribution in [1.82, 2.24) is 19.5 Å². The first-order chi connectivity index (χ1) is 34.2. The van der Waals surface area contributed by atoms with Crippen molar-refractivity contribution in [3.05, 3.63) is 255 Å². The molecule has 6 heteroatoms. The summed E-state index contributed by atoms with van der Waals surface area (Å²) in [6, 6.07) is 90.9. The molecule has 0 spiro atoms. The van der Waals surface area contributed by atoms with Crippen LogP contribution in [0, 0.1) is 0 Å². The number of aromatic nitrogens is 4. The zero-order valence-electron chi connectivity index (χ0n) is 37.4. The van der Waals surface area contributed by atoms with E-state index in [1.165, 1.54) is 31.5 Å². The van der Waals surface area contributed by atoms with Crippen LogP contribution in [0.1, 0.15) is 0 Å². The smallest absolute Gasteiger partial charge is 0.179 e. The standard InChI is InChI=1S/C63H42N4OSi/c1-4-23-47(24-5-1)69(48-25-6-2-7-26-48,49-27-8-3-9-28-49)50-29-19-22-46(41-50)62-64-61(45-21-18-20-43(40-45)44-38-39-60-55(42-44)53-32-13-17-37-59(53)68-60)65-63(66-62)54-33-12-16-36-58(54)67-56-34-14-10-30-51(56)52-31-11-15-35-57(52)67/h1-42H. The van der Waals surface area contributed by atoms with Crippen LogP contribution in [-0.2, 0) is 0 Å². The van der Waals surface area contributed by atoms with Gasteiger partial charge in [0.15, 0.2) is 25.5 Å². The molecule has 0 aliphatic carbocycles. The molecule has 0 fully saturated rings. The Morgan fingerprint density at radius 3 is 1.42 bits per heavy atom. The quantitative estimate of drug-likeness (QED) is 0.107. The normalized spacial score (nSPS) is 11.8. The maximum Gasteiger partial charge on any atom is 0.179 e. The second-order valence-electron chi connectivity index (χ2n) is 17.5. The molecule has 0 aliphatic heterocycles.